The van der Waals surface area contributed by atoms with Gasteiger partial charge in [-0.25, -0.2) is 9.97 Å². The molecule has 5 nitrogen and oxygen atoms in total. The normalized spacial score (nSPS) is 10.8. The van der Waals surface area contributed by atoms with Crippen LogP contribution in [0.15, 0.2) is 71.3 Å². The van der Waals surface area contributed by atoms with Crippen LogP contribution in [0.1, 0.15) is 5.56 Å². The third-order valence-electron chi connectivity index (χ3n) is 3.84. The Kier molecular flexibility index (Phi) is 4.04. The van der Waals surface area contributed by atoms with Gasteiger partial charge in [0.1, 0.15) is 23.6 Å². The van der Waals surface area contributed by atoms with Crippen molar-refractivity contribution in [2.24, 2.45) is 0 Å². The summed E-state index contributed by atoms with van der Waals surface area (Å²) in [5.74, 6) is 2.03. The minimum atomic E-state index is 0.444. The van der Waals surface area contributed by atoms with E-state index in [-0.39, 0.29) is 0 Å². The molecule has 0 aliphatic rings. The topological polar surface area (TPSA) is 57.4 Å². The van der Waals surface area contributed by atoms with Crippen molar-refractivity contribution in [3.63, 3.8) is 0 Å². The smallest absolute Gasteiger partial charge is 0.247 e. The van der Waals surface area contributed by atoms with Gasteiger partial charge in [0.05, 0.1) is 12.7 Å². The van der Waals surface area contributed by atoms with Gasteiger partial charge >= 0.3 is 0 Å². The molecule has 0 spiro atoms. The molecule has 0 atom stereocenters. The average Bonchev–Trinajstić information content (AvgIpc) is 3.11. The van der Waals surface area contributed by atoms with Gasteiger partial charge in [-0.15, -0.1) is 0 Å². The van der Waals surface area contributed by atoms with E-state index in [1.165, 1.54) is 0 Å². The number of ether oxygens (including phenoxy) is 2. The molecule has 2 aromatic carbocycles. The van der Waals surface area contributed by atoms with Crippen molar-refractivity contribution < 1.29 is 13.9 Å². The van der Waals surface area contributed by atoms with E-state index in [0.717, 1.165) is 22.4 Å². The summed E-state index contributed by atoms with van der Waals surface area (Å²) in [6.45, 7) is 0.444. The molecule has 0 radical (unpaired) electrons. The zero-order chi connectivity index (χ0) is 17.1. The van der Waals surface area contributed by atoms with E-state index in [1.54, 1.807) is 13.3 Å². The van der Waals surface area contributed by atoms with E-state index in [4.69, 9.17) is 13.9 Å². The first-order chi connectivity index (χ1) is 12.3. The lowest BCUT2D eigenvalue weighted by Crippen LogP contribution is -1.97. The summed E-state index contributed by atoms with van der Waals surface area (Å²) < 4.78 is 16.9. The molecule has 2 aromatic heterocycles. The van der Waals surface area contributed by atoms with Crippen molar-refractivity contribution in [3.8, 4) is 23.0 Å². The molecule has 0 bridgehead atoms. The van der Waals surface area contributed by atoms with Crippen molar-refractivity contribution in [2.45, 2.75) is 6.61 Å². The van der Waals surface area contributed by atoms with E-state index in [1.807, 2.05) is 60.7 Å². The second-order valence-electron chi connectivity index (χ2n) is 5.48. The van der Waals surface area contributed by atoms with Gasteiger partial charge in [-0.2, -0.15) is 0 Å². The van der Waals surface area contributed by atoms with Crippen LogP contribution in [0.4, 0.5) is 0 Å². The minimum absolute atomic E-state index is 0.444. The molecule has 0 aliphatic carbocycles. The van der Waals surface area contributed by atoms with Crippen LogP contribution in [0.3, 0.4) is 0 Å². The summed E-state index contributed by atoms with van der Waals surface area (Å²) in [6.07, 6.45) is 1.68. The number of hydrogen-bond donors (Lipinski definition) is 0. The number of rotatable bonds is 5. The molecule has 4 aromatic rings. The van der Waals surface area contributed by atoms with E-state index >= 15 is 0 Å². The van der Waals surface area contributed by atoms with Crippen LogP contribution < -0.4 is 9.47 Å². The summed E-state index contributed by atoms with van der Waals surface area (Å²) >= 11 is 0. The molecule has 0 N–H and O–H groups in total. The zero-order valence-corrected chi connectivity index (χ0v) is 13.7. The Morgan fingerprint density at radius 3 is 2.60 bits per heavy atom. The van der Waals surface area contributed by atoms with E-state index < -0.39 is 0 Å². The lowest BCUT2D eigenvalue weighted by atomic mass is 10.2. The number of aromatic nitrogens is 2. The van der Waals surface area contributed by atoms with Gasteiger partial charge in [-0.05, 0) is 42.0 Å². The fourth-order valence-corrected chi connectivity index (χ4v) is 2.54. The maximum absolute atomic E-state index is 5.99. The minimum Gasteiger partial charge on any atom is -0.497 e. The number of methoxy groups -OCH3 is 1. The van der Waals surface area contributed by atoms with Crippen molar-refractivity contribution in [3.05, 3.63) is 72.4 Å². The van der Waals surface area contributed by atoms with Crippen molar-refractivity contribution >= 4 is 11.2 Å². The molecule has 0 saturated heterocycles. The van der Waals surface area contributed by atoms with Crippen LogP contribution >= 0.6 is 0 Å². The maximum Gasteiger partial charge on any atom is 0.247 e. The van der Waals surface area contributed by atoms with Crippen molar-refractivity contribution in [1.82, 2.24) is 9.97 Å². The van der Waals surface area contributed by atoms with Gasteiger partial charge in [-0.3, -0.25) is 0 Å². The summed E-state index contributed by atoms with van der Waals surface area (Å²) in [4.78, 5) is 8.68. The monoisotopic (exact) mass is 332 g/mol. The molecule has 0 amide bonds. The van der Waals surface area contributed by atoms with Crippen molar-refractivity contribution in [1.29, 1.82) is 0 Å². The molecule has 0 fully saturated rings. The number of oxazole rings is 1. The molecule has 2 heterocycles. The van der Waals surface area contributed by atoms with Crippen LogP contribution in [0.25, 0.3) is 22.7 Å². The van der Waals surface area contributed by atoms with Crippen molar-refractivity contribution in [2.75, 3.05) is 7.11 Å². The number of hydrogen-bond acceptors (Lipinski definition) is 5. The second kappa shape index (κ2) is 6.65. The Balaban J connectivity index is 1.60. The molecular formula is C20H16N2O3. The third-order valence-corrected chi connectivity index (χ3v) is 3.84. The van der Waals surface area contributed by atoms with Gasteiger partial charge in [0.2, 0.25) is 11.6 Å². The van der Waals surface area contributed by atoms with Crippen LogP contribution in [-0.2, 0) is 6.61 Å². The number of pyridine rings is 1. The number of benzene rings is 2. The van der Waals surface area contributed by atoms with E-state index in [9.17, 15) is 0 Å². The van der Waals surface area contributed by atoms with Gasteiger partial charge < -0.3 is 13.9 Å². The maximum atomic E-state index is 5.99. The Morgan fingerprint density at radius 2 is 1.80 bits per heavy atom. The van der Waals surface area contributed by atoms with Crippen LogP contribution in [0, 0.1) is 0 Å². The molecule has 0 saturated carbocycles. The molecule has 124 valence electrons. The molecular weight excluding hydrogens is 316 g/mol. The lowest BCUT2D eigenvalue weighted by Gasteiger charge is -2.10. The molecule has 5 heteroatoms. The van der Waals surface area contributed by atoms with E-state index in [0.29, 0.717) is 24.0 Å². The average molecular weight is 332 g/mol. The summed E-state index contributed by atoms with van der Waals surface area (Å²) in [7, 11) is 1.65. The molecule has 4 rings (SSSR count). The highest BCUT2D eigenvalue weighted by Gasteiger charge is 2.13. The summed E-state index contributed by atoms with van der Waals surface area (Å²) in [5, 5.41) is 0. The third kappa shape index (κ3) is 3.17. The quantitative estimate of drug-likeness (QED) is 0.539. The van der Waals surface area contributed by atoms with Gasteiger partial charge in [0, 0.05) is 6.20 Å². The Morgan fingerprint density at radius 1 is 0.960 bits per heavy atom. The number of nitrogens with zero attached hydrogens (tertiary/aromatic N) is 2. The predicted molar refractivity (Wildman–Crippen MR) is 94.6 cm³/mol. The first-order valence-electron chi connectivity index (χ1n) is 7.90. The zero-order valence-electron chi connectivity index (χ0n) is 13.7. The SMILES string of the molecule is COc1ccc(COc2ccccc2-c2nc3cccnc3o2)cc1. The number of fused-ring (bicyclic) bond motifs is 1. The van der Waals surface area contributed by atoms with E-state index in [2.05, 4.69) is 9.97 Å². The van der Waals surface area contributed by atoms with Crippen LogP contribution in [-0.4, -0.2) is 17.1 Å². The Labute approximate surface area is 144 Å². The second-order valence-corrected chi connectivity index (χ2v) is 5.48. The lowest BCUT2D eigenvalue weighted by molar-refractivity contribution is 0.306. The highest BCUT2D eigenvalue weighted by molar-refractivity contribution is 5.74. The highest BCUT2D eigenvalue weighted by atomic mass is 16.5. The highest BCUT2D eigenvalue weighted by Crippen LogP contribution is 2.31. The Bertz CT molecular complexity index is 960. The van der Waals surface area contributed by atoms with Crippen LogP contribution in [0.2, 0.25) is 0 Å². The Hall–Kier alpha value is -3.34. The van der Waals surface area contributed by atoms with Crippen LogP contribution in [0.5, 0.6) is 11.5 Å². The summed E-state index contributed by atoms with van der Waals surface area (Å²) in [5.41, 5.74) is 3.09. The number of para-hydroxylation sites is 1. The molecule has 0 unspecified atom stereocenters. The van der Waals surface area contributed by atoms with Gasteiger partial charge in [0.15, 0.2) is 0 Å². The largest absolute Gasteiger partial charge is 0.497 e. The molecule has 25 heavy (non-hydrogen) atoms. The first-order valence-corrected chi connectivity index (χ1v) is 7.90. The van der Waals surface area contributed by atoms with Gasteiger partial charge in [0.25, 0.3) is 0 Å². The standard InChI is InChI=1S/C20H16N2O3/c1-23-15-10-8-14(9-11-15)13-24-18-7-3-2-5-16(18)19-22-17-6-4-12-21-20(17)25-19/h2-12H,13H2,1H3. The molecule has 0 aliphatic heterocycles. The fourth-order valence-electron chi connectivity index (χ4n) is 2.54. The summed E-state index contributed by atoms with van der Waals surface area (Å²) in [6, 6.07) is 19.2. The van der Waals surface area contributed by atoms with Gasteiger partial charge in [-0.1, -0.05) is 24.3 Å². The predicted octanol–water partition coefficient (Wildman–Crippen LogP) is 4.48. The fraction of sp³-hybridized carbons (Fsp3) is 0.100. The first kappa shape index (κ1) is 15.2.